The van der Waals surface area contributed by atoms with E-state index in [1.165, 1.54) is 0 Å². The Balaban J connectivity index is 1.74. The van der Waals surface area contributed by atoms with Gasteiger partial charge in [0.05, 0.1) is 11.0 Å². The van der Waals surface area contributed by atoms with Crippen LogP contribution in [0.15, 0.2) is 28.4 Å². The van der Waals surface area contributed by atoms with Crippen molar-refractivity contribution in [2.45, 2.75) is 26.4 Å². The van der Waals surface area contributed by atoms with E-state index in [0.29, 0.717) is 0 Å². The van der Waals surface area contributed by atoms with Crippen molar-refractivity contribution in [3.05, 3.63) is 50.3 Å². The van der Waals surface area contributed by atoms with Gasteiger partial charge in [-0.1, -0.05) is 6.07 Å². The van der Waals surface area contributed by atoms with Crippen LogP contribution in [0.25, 0.3) is 11.0 Å². The van der Waals surface area contributed by atoms with Crippen LogP contribution in [0.2, 0.25) is 0 Å². The van der Waals surface area contributed by atoms with Gasteiger partial charge in [-0.15, -0.1) is 11.3 Å². The second kappa shape index (κ2) is 5.22. The Hall–Kier alpha value is -1.92. The average molecular weight is 288 g/mol. The Morgan fingerprint density at radius 3 is 2.90 bits per heavy atom. The molecule has 0 radical (unpaired) electrons. The smallest absolute Gasteiger partial charge is 0.306 e. The number of thiazole rings is 1. The quantitative estimate of drug-likeness (QED) is 0.690. The first-order valence-corrected chi connectivity index (χ1v) is 7.36. The molecule has 2 aromatic heterocycles. The van der Waals surface area contributed by atoms with Gasteiger partial charge in [0.2, 0.25) is 0 Å². The third-order valence-corrected chi connectivity index (χ3v) is 4.23. The molecule has 3 aromatic rings. The third-order valence-electron chi connectivity index (χ3n) is 3.27. The van der Waals surface area contributed by atoms with Crippen molar-refractivity contribution < 1.29 is 0 Å². The lowest BCUT2D eigenvalue weighted by atomic mass is 10.1. The molecule has 0 aliphatic carbocycles. The molecule has 0 aliphatic rings. The van der Waals surface area contributed by atoms with E-state index >= 15 is 0 Å². The van der Waals surface area contributed by atoms with Gasteiger partial charge in [0.25, 0.3) is 0 Å². The normalized spacial score (nSPS) is 12.9. The Kier molecular flexibility index (Phi) is 3.42. The zero-order valence-electron chi connectivity index (χ0n) is 11.4. The van der Waals surface area contributed by atoms with Crippen molar-refractivity contribution in [2.75, 3.05) is 0 Å². The minimum Gasteiger partial charge on any atom is -0.306 e. The van der Waals surface area contributed by atoms with Gasteiger partial charge in [-0.2, -0.15) is 0 Å². The summed E-state index contributed by atoms with van der Waals surface area (Å²) >= 11 is 1.67. The number of rotatable bonds is 4. The fourth-order valence-electron chi connectivity index (χ4n) is 2.16. The number of nitrogens with one attached hydrogen (secondary N) is 3. The molecule has 0 saturated heterocycles. The molecule has 1 atom stereocenters. The maximum absolute atomic E-state index is 11.2. The third kappa shape index (κ3) is 2.66. The molecule has 0 amide bonds. The fraction of sp³-hybridized carbons (Fsp3) is 0.286. The summed E-state index contributed by atoms with van der Waals surface area (Å²) in [4.78, 5) is 21.2. The second-order valence-electron chi connectivity index (χ2n) is 4.87. The summed E-state index contributed by atoms with van der Waals surface area (Å²) in [5.74, 6) is 0. The van der Waals surface area contributed by atoms with Crippen molar-refractivity contribution in [3.8, 4) is 0 Å². The van der Waals surface area contributed by atoms with Crippen LogP contribution in [0.1, 0.15) is 29.2 Å². The van der Waals surface area contributed by atoms with E-state index in [1.54, 1.807) is 11.3 Å². The summed E-state index contributed by atoms with van der Waals surface area (Å²) in [6.07, 6.45) is 0. The van der Waals surface area contributed by atoms with Crippen LogP contribution in [-0.4, -0.2) is 15.0 Å². The molecule has 5 nitrogen and oxygen atoms in total. The number of imidazole rings is 1. The highest BCUT2D eigenvalue weighted by atomic mass is 32.1. The average Bonchev–Trinajstić information content (AvgIpc) is 2.99. The molecule has 0 spiro atoms. The predicted molar refractivity (Wildman–Crippen MR) is 81.0 cm³/mol. The molecular weight excluding hydrogens is 272 g/mol. The lowest BCUT2D eigenvalue weighted by molar-refractivity contribution is 0.573. The summed E-state index contributed by atoms with van der Waals surface area (Å²) in [5.41, 5.74) is 3.70. The number of benzene rings is 1. The Morgan fingerprint density at radius 1 is 1.35 bits per heavy atom. The number of hydrogen-bond donors (Lipinski definition) is 3. The minimum absolute atomic E-state index is 0.170. The van der Waals surface area contributed by atoms with E-state index < -0.39 is 0 Å². The number of nitrogens with zero attached hydrogens (tertiary/aromatic N) is 1. The number of hydrogen-bond acceptors (Lipinski definition) is 4. The van der Waals surface area contributed by atoms with Gasteiger partial charge < -0.3 is 15.3 Å². The molecule has 3 N–H and O–H groups in total. The maximum atomic E-state index is 11.2. The first-order valence-electron chi connectivity index (χ1n) is 6.48. The molecule has 1 aromatic carbocycles. The summed E-state index contributed by atoms with van der Waals surface area (Å²) < 4.78 is 0. The summed E-state index contributed by atoms with van der Waals surface area (Å²) in [6.45, 7) is 4.85. The molecule has 104 valence electrons. The van der Waals surface area contributed by atoms with E-state index in [1.807, 2.05) is 25.1 Å². The van der Waals surface area contributed by atoms with E-state index in [2.05, 4.69) is 32.6 Å². The Bertz CT molecular complexity index is 786. The molecule has 3 rings (SSSR count). The van der Waals surface area contributed by atoms with Crippen molar-refractivity contribution in [1.29, 1.82) is 0 Å². The first-order chi connectivity index (χ1) is 9.61. The van der Waals surface area contributed by atoms with E-state index in [4.69, 9.17) is 0 Å². The Labute approximate surface area is 120 Å². The number of H-pyrrole nitrogens is 2. The van der Waals surface area contributed by atoms with Crippen LogP contribution in [0, 0.1) is 6.92 Å². The standard InChI is InChI=1S/C14H16N4OS/c1-8-7-20-13(16-8)6-15-9(2)10-3-4-11-12(5-10)18-14(19)17-11/h3-5,7,9,15H,6H2,1-2H3,(H2,17,18,19). The minimum atomic E-state index is -0.170. The molecule has 0 saturated carbocycles. The van der Waals surface area contributed by atoms with Gasteiger partial charge in [-0.05, 0) is 31.5 Å². The van der Waals surface area contributed by atoms with Gasteiger partial charge in [-0.25, -0.2) is 9.78 Å². The monoisotopic (exact) mass is 288 g/mol. The van der Waals surface area contributed by atoms with Crippen LogP contribution < -0.4 is 11.0 Å². The van der Waals surface area contributed by atoms with Crippen LogP contribution in [0.4, 0.5) is 0 Å². The van der Waals surface area contributed by atoms with Gasteiger partial charge in [-0.3, -0.25) is 0 Å². The van der Waals surface area contributed by atoms with Gasteiger partial charge in [0, 0.05) is 23.7 Å². The van der Waals surface area contributed by atoms with Crippen molar-refractivity contribution in [2.24, 2.45) is 0 Å². The van der Waals surface area contributed by atoms with Gasteiger partial charge >= 0.3 is 5.69 Å². The van der Waals surface area contributed by atoms with Gasteiger partial charge in [0.1, 0.15) is 5.01 Å². The topological polar surface area (TPSA) is 73.6 Å². The molecule has 0 bridgehead atoms. The van der Waals surface area contributed by atoms with Gasteiger partial charge in [0.15, 0.2) is 0 Å². The van der Waals surface area contributed by atoms with Crippen molar-refractivity contribution in [3.63, 3.8) is 0 Å². The lowest BCUT2D eigenvalue weighted by Gasteiger charge is -2.13. The largest absolute Gasteiger partial charge is 0.323 e. The highest BCUT2D eigenvalue weighted by Gasteiger charge is 2.08. The number of aryl methyl sites for hydroxylation is 1. The molecular formula is C14H16N4OS. The van der Waals surface area contributed by atoms with Crippen LogP contribution in [0.5, 0.6) is 0 Å². The highest BCUT2D eigenvalue weighted by molar-refractivity contribution is 7.09. The lowest BCUT2D eigenvalue weighted by Crippen LogP contribution is -2.17. The summed E-state index contributed by atoms with van der Waals surface area (Å²) in [5, 5.41) is 6.59. The zero-order chi connectivity index (χ0) is 14.1. The SMILES string of the molecule is Cc1csc(CNC(C)c2ccc3[nH]c(=O)[nH]c3c2)n1. The van der Waals surface area contributed by atoms with E-state index in [0.717, 1.165) is 33.8 Å². The van der Waals surface area contributed by atoms with Crippen molar-refractivity contribution in [1.82, 2.24) is 20.3 Å². The molecule has 20 heavy (non-hydrogen) atoms. The summed E-state index contributed by atoms with van der Waals surface area (Å²) in [6, 6.07) is 6.14. The predicted octanol–water partition coefficient (Wildman–Crippen LogP) is 2.47. The number of aromatic nitrogens is 3. The van der Waals surface area contributed by atoms with Crippen LogP contribution in [0.3, 0.4) is 0 Å². The molecule has 1 unspecified atom stereocenters. The van der Waals surface area contributed by atoms with E-state index in [-0.39, 0.29) is 11.7 Å². The Morgan fingerprint density at radius 2 is 2.15 bits per heavy atom. The second-order valence-corrected chi connectivity index (χ2v) is 5.81. The van der Waals surface area contributed by atoms with E-state index in [9.17, 15) is 4.79 Å². The molecule has 2 heterocycles. The number of aromatic amines is 2. The van der Waals surface area contributed by atoms with Crippen molar-refractivity contribution >= 4 is 22.4 Å². The molecule has 0 fully saturated rings. The summed E-state index contributed by atoms with van der Waals surface area (Å²) in [7, 11) is 0. The maximum Gasteiger partial charge on any atom is 0.323 e. The molecule has 6 heteroatoms. The first kappa shape index (κ1) is 13.1. The highest BCUT2D eigenvalue weighted by Crippen LogP contribution is 2.18. The fourth-order valence-corrected chi connectivity index (χ4v) is 2.88. The number of fused-ring (bicyclic) bond motifs is 1. The van der Waals surface area contributed by atoms with Crippen LogP contribution in [-0.2, 0) is 6.54 Å². The molecule has 0 aliphatic heterocycles. The zero-order valence-corrected chi connectivity index (χ0v) is 12.2. The van der Waals surface area contributed by atoms with Crippen LogP contribution >= 0.6 is 11.3 Å².